The molecule has 0 spiro atoms. The predicted octanol–water partition coefficient (Wildman–Crippen LogP) is 2.21. The van der Waals surface area contributed by atoms with Crippen molar-refractivity contribution in [2.45, 2.75) is 12.6 Å². The monoisotopic (exact) mass is 262 g/mol. The molecule has 0 radical (unpaired) electrons. The van der Waals surface area contributed by atoms with Crippen LogP contribution in [0.3, 0.4) is 0 Å². The Bertz CT molecular complexity index is 390. The first-order chi connectivity index (χ1) is 8.43. The summed E-state index contributed by atoms with van der Waals surface area (Å²) in [6.45, 7) is 0.253. The molecule has 4 nitrogen and oxygen atoms in total. The van der Waals surface area contributed by atoms with E-state index in [2.05, 4.69) is 10.6 Å². The molecule has 0 aromatic heterocycles. The highest BCUT2D eigenvalue weighted by Crippen LogP contribution is 2.29. The summed E-state index contributed by atoms with van der Waals surface area (Å²) in [5.41, 5.74) is -0.502. The lowest BCUT2D eigenvalue weighted by atomic mass is 10.2. The van der Waals surface area contributed by atoms with Gasteiger partial charge in [-0.3, -0.25) is 0 Å². The lowest BCUT2D eigenvalue weighted by Gasteiger charge is -2.09. The highest BCUT2D eigenvalue weighted by atomic mass is 19.4. The quantitative estimate of drug-likeness (QED) is 0.728. The average Bonchev–Trinajstić information content (AvgIpc) is 2.29. The topological polar surface area (TPSA) is 61.4 Å². The van der Waals surface area contributed by atoms with Crippen molar-refractivity contribution < 1.29 is 23.1 Å². The normalized spacial score (nSPS) is 11.1. The summed E-state index contributed by atoms with van der Waals surface area (Å²) < 4.78 is 36.8. The van der Waals surface area contributed by atoms with Gasteiger partial charge in [0.1, 0.15) is 0 Å². The number of amides is 2. The van der Waals surface area contributed by atoms with Crippen LogP contribution < -0.4 is 10.6 Å². The molecule has 0 heterocycles. The second kappa shape index (κ2) is 6.25. The van der Waals surface area contributed by atoms with Crippen molar-refractivity contribution >= 4 is 11.7 Å². The number of benzene rings is 1. The zero-order valence-electron chi connectivity index (χ0n) is 9.42. The number of hydrogen-bond donors (Lipinski definition) is 3. The van der Waals surface area contributed by atoms with Gasteiger partial charge in [-0.25, -0.2) is 4.79 Å². The Hall–Kier alpha value is -1.76. The maximum atomic E-state index is 12.3. The van der Waals surface area contributed by atoms with Crippen molar-refractivity contribution in [2.24, 2.45) is 0 Å². The molecule has 0 bridgehead atoms. The van der Waals surface area contributed by atoms with Gasteiger partial charge in [-0.05, 0) is 30.7 Å². The lowest BCUT2D eigenvalue weighted by molar-refractivity contribution is -0.137. The van der Waals surface area contributed by atoms with E-state index < -0.39 is 17.8 Å². The molecule has 7 heteroatoms. The van der Waals surface area contributed by atoms with Gasteiger partial charge in [0.05, 0.1) is 5.56 Å². The molecule has 2 amide bonds. The molecule has 0 atom stereocenters. The van der Waals surface area contributed by atoms with Gasteiger partial charge < -0.3 is 15.7 Å². The van der Waals surface area contributed by atoms with Crippen molar-refractivity contribution in [1.82, 2.24) is 5.32 Å². The van der Waals surface area contributed by atoms with Crippen molar-refractivity contribution in [3.05, 3.63) is 29.8 Å². The molecule has 100 valence electrons. The number of alkyl halides is 3. The number of aliphatic hydroxyl groups is 1. The molecule has 0 aliphatic carbocycles. The van der Waals surface area contributed by atoms with E-state index in [0.717, 1.165) is 12.1 Å². The molecule has 0 aliphatic rings. The van der Waals surface area contributed by atoms with E-state index in [1.54, 1.807) is 0 Å². The molecule has 1 aromatic rings. The van der Waals surface area contributed by atoms with Crippen LogP contribution in [0.4, 0.5) is 23.7 Å². The van der Waals surface area contributed by atoms with E-state index in [1.165, 1.54) is 12.1 Å². The number of carbonyl (C=O) groups excluding carboxylic acids is 1. The molecule has 18 heavy (non-hydrogen) atoms. The molecule has 0 saturated carbocycles. The fourth-order valence-electron chi connectivity index (χ4n) is 1.20. The summed E-state index contributed by atoms with van der Waals surface area (Å²) >= 11 is 0. The molecule has 1 rings (SSSR count). The molecular weight excluding hydrogens is 249 g/mol. The number of urea groups is 1. The van der Waals surface area contributed by atoms with Gasteiger partial charge in [-0.2, -0.15) is 13.2 Å². The van der Waals surface area contributed by atoms with Gasteiger partial charge in [0.15, 0.2) is 0 Å². The summed E-state index contributed by atoms with van der Waals surface area (Å²) in [5, 5.41) is 13.3. The Balaban J connectivity index is 2.51. The van der Waals surface area contributed by atoms with E-state index in [-0.39, 0.29) is 12.3 Å². The minimum Gasteiger partial charge on any atom is -0.396 e. The van der Waals surface area contributed by atoms with Gasteiger partial charge in [0.25, 0.3) is 0 Å². The van der Waals surface area contributed by atoms with Gasteiger partial charge in [0.2, 0.25) is 0 Å². The third kappa shape index (κ3) is 4.62. The lowest BCUT2D eigenvalue weighted by Crippen LogP contribution is -2.29. The summed E-state index contributed by atoms with van der Waals surface area (Å²) in [6, 6.07) is 3.61. The fourth-order valence-corrected chi connectivity index (χ4v) is 1.20. The SMILES string of the molecule is O=C(NCCCO)Nc1ccc(C(F)(F)F)cc1. The Labute approximate surface area is 102 Å². The molecular formula is C11H13F3N2O2. The van der Waals surface area contributed by atoms with E-state index >= 15 is 0 Å². The summed E-state index contributed by atoms with van der Waals surface area (Å²) in [5.74, 6) is 0. The first kappa shape index (κ1) is 14.3. The van der Waals surface area contributed by atoms with Crippen LogP contribution in [0, 0.1) is 0 Å². The second-order valence-corrected chi connectivity index (χ2v) is 3.53. The highest BCUT2D eigenvalue weighted by molar-refractivity contribution is 5.89. The van der Waals surface area contributed by atoms with Crippen LogP contribution >= 0.6 is 0 Å². The molecule has 3 N–H and O–H groups in total. The predicted molar refractivity (Wildman–Crippen MR) is 60.2 cm³/mol. The van der Waals surface area contributed by atoms with Crippen molar-refractivity contribution in [2.75, 3.05) is 18.5 Å². The smallest absolute Gasteiger partial charge is 0.396 e. The van der Waals surface area contributed by atoms with E-state index in [4.69, 9.17) is 5.11 Å². The maximum Gasteiger partial charge on any atom is 0.416 e. The molecule has 1 aromatic carbocycles. The maximum absolute atomic E-state index is 12.3. The number of hydrogen-bond acceptors (Lipinski definition) is 2. The zero-order valence-corrected chi connectivity index (χ0v) is 9.42. The largest absolute Gasteiger partial charge is 0.416 e. The van der Waals surface area contributed by atoms with Gasteiger partial charge >= 0.3 is 12.2 Å². The number of nitrogens with one attached hydrogen (secondary N) is 2. The summed E-state index contributed by atoms with van der Waals surface area (Å²) in [7, 11) is 0. The molecule has 0 aliphatic heterocycles. The van der Waals surface area contributed by atoms with Crippen LogP contribution in [0.2, 0.25) is 0 Å². The van der Waals surface area contributed by atoms with Crippen molar-refractivity contribution in [1.29, 1.82) is 0 Å². The third-order valence-electron chi connectivity index (χ3n) is 2.09. The minimum absolute atomic E-state index is 0.0411. The minimum atomic E-state index is -4.39. The van der Waals surface area contributed by atoms with Crippen LogP contribution in [0.5, 0.6) is 0 Å². The van der Waals surface area contributed by atoms with Crippen LogP contribution in [0.25, 0.3) is 0 Å². The number of aliphatic hydroxyl groups excluding tert-OH is 1. The Morgan fingerprint density at radius 2 is 1.83 bits per heavy atom. The van der Waals surface area contributed by atoms with Gasteiger partial charge in [-0.1, -0.05) is 0 Å². The first-order valence-corrected chi connectivity index (χ1v) is 5.26. The zero-order chi connectivity index (χ0) is 13.6. The first-order valence-electron chi connectivity index (χ1n) is 5.26. The summed E-state index contributed by atoms with van der Waals surface area (Å²) in [6.07, 6.45) is -3.97. The number of anilines is 1. The average molecular weight is 262 g/mol. The van der Waals surface area contributed by atoms with Gasteiger partial charge in [0, 0.05) is 18.8 Å². The Morgan fingerprint density at radius 1 is 1.22 bits per heavy atom. The number of halogens is 3. The summed E-state index contributed by atoms with van der Waals surface area (Å²) in [4.78, 5) is 11.2. The van der Waals surface area contributed by atoms with Crippen molar-refractivity contribution in [3.63, 3.8) is 0 Å². The second-order valence-electron chi connectivity index (χ2n) is 3.53. The Morgan fingerprint density at radius 3 is 2.33 bits per heavy atom. The standard InChI is InChI=1S/C11H13F3N2O2/c12-11(13,14)8-2-4-9(5-3-8)16-10(18)15-6-1-7-17/h2-5,17H,1,6-7H2,(H2,15,16,18). The fraction of sp³-hybridized carbons (Fsp3) is 0.364. The third-order valence-corrected chi connectivity index (χ3v) is 2.09. The van der Waals surface area contributed by atoms with Crippen molar-refractivity contribution in [3.8, 4) is 0 Å². The van der Waals surface area contributed by atoms with Gasteiger partial charge in [-0.15, -0.1) is 0 Å². The Kier molecular flexibility index (Phi) is 4.96. The highest BCUT2D eigenvalue weighted by Gasteiger charge is 2.29. The van der Waals surface area contributed by atoms with E-state index in [9.17, 15) is 18.0 Å². The van der Waals surface area contributed by atoms with Crippen LogP contribution in [0.15, 0.2) is 24.3 Å². The van der Waals surface area contributed by atoms with Crippen LogP contribution in [-0.4, -0.2) is 24.3 Å². The molecule has 0 fully saturated rings. The van der Waals surface area contributed by atoms with E-state index in [0.29, 0.717) is 13.0 Å². The molecule has 0 unspecified atom stereocenters. The van der Waals surface area contributed by atoms with Crippen LogP contribution in [0.1, 0.15) is 12.0 Å². The number of rotatable bonds is 4. The molecule has 0 saturated heterocycles. The van der Waals surface area contributed by atoms with Crippen LogP contribution in [-0.2, 0) is 6.18 Å². The van der Waals surface area contributed by atoms with E-state index in [1.807, 2.05) is 0 Å². The number of carbonyl (C=O) groups is 1.